The Labute approximate surface area is 282 Å². The first kappa shape index (κ1) is 35.3. The normalized spacial score (nSPS) is 12.4. The van der Waals surface area contributed by atoms with Crippen molar-refractivity contribution in [2.75, 3.05) is 25.1 Å². The molecule has 2 amide bonds. The van der Waals surface area contributed by atoms with Crippen molar-refractivity contribution in [2.45, 2.75) is 50.2 Å². The molecule has 0 saturated heterocycles. The molecule has 2 unspecified atom stereocenters. The summed E-state index contributed by atoms with van der Waals surface area (Å²) in [6.07, 6.45) is 0.893. The minimum atomic E-state index is -4.31. The summed E-state index contributed by atoms with van der Waals surface area (Å²) in [7, 11) is -1.43. The molecule has 0 fully saturated rings. The van der Waals surface area contributed by atoms with Gasteiger partial charge in [-0.2, -0.15) is 0 Å². The molecule has 248 valence electrons. The fraction of sp³-hybridized carbons (Fsp3) is 0.278. The Balaban J connectivity index is 1.86. The summed E-state index contributed by atoms with van der Waals surface area (Å²) in [5.74, 6) is -0.348. The first-order valence-corrected chi connectivity index (χ1v) is 17.1. The van der Waals surface area contributed by atoms with E-state index in [-0.39, 0.29) is 41.2 Å². The molecule has 0 saturated carbocycles. The van der Waals surface area contributed by atoms with Gasteiger partial charge in [0.25, 0.3) is 10.0 Å². The molecular weight excluding hydrogens is 638 g/mol. The van der Waals surface area contributed by atoms with Crippen LogP contribution < -0.4 is 19.1 Å². The number of methoxy groups -OCH3 is 2. The van der Waals surface area contributed by atoms with Crippen LogP contribution in [-0.2, 0) is 32.6 Å². The Morgan fingerprint density at radius 1 is 0.851 bits per heavy atom. The fourth-order valence-corrected chi connectivity index (χ4v) is 6.57. The Hall–Kier alpha value is -4.54. The third-order valence-electron chi connectivity index (χ3n) is 7.80. The summed E-state index contributed by atoms with van der Waals surface area (Å²) in [6, 6.07) is 27.8. The molecule has 0 aliphatic heterocycles. The van der Waals surface area contributed by atoms with Gasteiger partial charge < -0.3 is 19.7 Å². The zero-order valence-electron chi connectivity index (χ0n) is 26.9. The van der Waals surface area contributed by atoms with Crippen molar-refractivity contribution in [2.24, 2.45) is 0 Å². The van der Waals surface area contributed by atoms with Crippen LogP contribution >= 0.6 is 11.6 Å². The highest BCUT2D eigenvalue weighted by atomic mass is 35.5. The van der Waals surface area contributed by atoms with Gasteiger partial charge in [0, 0.05) is 30.1 Å². The van der Waals surface area contributed by atoms with Crippen LogP contribution in [0.1, 0.15) is 31.4 Å². The molecule has 47 heavy (non-hydrogen) atoms. The van der Waals surface area contributed by atoms with Crippen LogP contribution in [0.15, 0.2) is 108 Å². The van der Waals surface area contributed by atoms with E-state index < -0.39 is 28.5 Å². The van der Waals surface area contributed by atoms with Crippen molar-refractivity contribution in [3.05, 3.63) is 119 Å². The lowest BCUT2D eigenvalue weighted by atomic mass is 10.0. The average Bonchev–Trinajstić information content (AvgIpc) is 3.09. The molecule has 0 aliphatic rings. The van der Waals surface area contributed by atoms with Crippen LogP contribution in [0.25, 0.3) is 0 Å². The highest BCUT2D eigenvalue weighted by molar-refractivity contribution is 7.92. The molecule has 0 radical (unpaired) electrons. The minimum Gasteiger partial charge on any atom is -0.497 e. The molecule has 4 rings (SSSR count). The van der Waals surface area contributed by atoms with E-state index >= 15 is 0 Å². The topological polar surface area (TPSA) is 105 Å². The number of nitrogens with zero attached hydrogens (tertiary/aromatic N) is 2. The molecule has 4 aromatic rings. The van der Waals surface area contributed by atoms with Crippen molar-refractivity contribution < 1.29 is 27.5 Å². The Kier molecular flexibility index (Phi) is 12.3. The maximum atomic E-state index is 14.7. The summed E-state index contributed by atoms with van der Waals surface area (Å²) >= 11 is 6.16. The first-order valence-electron chi connectivity index (χ1n) is 15.2. The molecular formula is C36H40ClN3O6S. The lowest BCUT2D eigenvalue weighted by Gasteiger charge is -2.34. The third kappa shape index (κ3) is 9.05. The highest BCUT2D eigenvalue weighted by Crippen LogP contribution is 2.36. The molecule has 0 aliphatic carbocycles. The molecule has 0 heterocycles. The molecule has 1 N–H and O–H groups in total. The predicted octanol–water partition coefficient (Wildman–Crippen LogP) is 6.11. The number of carbonyl (C=O) groups excluding carboxylic acids is 2. The number of rotatable bonds is 15. The van der Waals surface area contributed by atoms with E-state index in [1.807, 2.05) is 44.2 Å². The van der Waals surface area contributed by atoms with Crippen molar-refractivity contribution in [3.63, 3.8) is 0 Å². The smallest absolute Gasteiger partial charge is 0.264 e. The van der Waals surface area contributed by atoms with Crippen LogP contribution in [0.3, 0.4) is 0 Å². The number of hydrogen-bond donors (Lipinski definition) is 1. The van der Waals surface area contributed by atoms with Gasteiger partial charge in [0.1, 0.15) is 24.1 Å². The Bertz CT molecular complexity index is 1740. The van der Waals surface area contributed by atoms with Crippen LogP contribution in [-0.4, -0.2) is 58.0 Å². The maximum Gasteiger partial charge on any atom is 0.264 e. The Morgan fingerprint density at radius 2 is 1.49 bits per heavy atom. The molecule has 0 aromatic heterocycles. The predicted molar refractivity (Wildman–Crippen MR) is 184 cm³/mol. The van der Waals surface area contributed by atoms with E-state index in [4.69, 9.17) is 21.1 Å². The molecule has 11 heteroatoms. The van der Waals surface area contributed by atoms with Gasteiger partial charge in [0.2, 0.25) is 11.8 Å². The molecule has 2 atom stereocenters. The SMILES string of the molecule is CCC(C)NC(=O)C(Cc1ccccc1)N(Cc1ccc(Cl)cc1)C(=O)CN(c1cc(OC)ccc1OC)S(=O)(=O)c1ccccc1. The lowest BCUT2D eigenvalue weighted by Crippen LogP contribution is -2.54. The second-order valence-electron chi connectivity index (χ2n) is 11.0. The van der Waals surface area contributed by atoms with Gasteiger partial charge in [-0.25, -0.2) is 8.42 Å². The number of ether oxygens (including phenoxy) is 2. The zero-order valence-corrected chi connectivity index (χ0v) is 28.5. The first-order chi connectivity index (χ1) is 22.6. The van der Waals surface area contributed by atoms with E-state index in [2.05, 4.69) is 5.32 Å². The number of carbonyl (C=O) groups is 2. The summed E-state index contributed by atoms with van der Waals surface area (Å²) in [4.78, 5) is 30.1. The number of hydrogen-bond acceptors (Lipinski definition) is 6. The molecule has 4 aromatic carbocycles. The lowest BCUT2D eigenvalue weighted by molar-refractivity contribution is -0.140. The quantitative estimate of drug-likeness (QED) is 0.163. The monoisotopic (exact) mass is 677 g/mol. The zero-order chi connectivity index (χ0) is 34.0. The summed E-state index contributed by atoms with van der Waals surface area (Å²) < 4.78 is 40.6. The maximum absolute atomic E-state index is 14.7. The third-order valence-corrected chi connectivity index (χ3v) is 9.83. The summed E-state index contributed by atoms with van der Waals surface area (Å²) in [5, 5.41) is 3.55. The number of sulfonamides is 1. The number of amides is 2. The van der Waals surface area contributed by atoms with E-state index in [1.54, 1.807) is 54.6 Å². The van der Waals surface area contributed by atoms with Crippen LogP contribution in [0.2, 0.25) is 5.02 Å². The second-order valence-corrected chi connectivity index (χ2v) is 13.3. The second kappa shape index (κ2) is 16.3. The number of benzene rings is 4. The van der Waals surface area contributed by atoms with Gasteiger partial charge >= 0.3 is 0 Å². The van der Waals surface area contributed by atoms with Crippen molar-refractivity contribution in [1.29, 1.82) is 0 Å². The summed E-state index contributed by atoms with van der Waals surface area (Å²) in [5.41, 5.74) is 1.67. The van der Waals surface area contributed by atoms with Gasteiger partial charge in [-0.1, -0.05) is 79.2 Å². The van der Waals surface area contributed by atoms with Gasteiger partial charge in [0.05, 0.1) is 24.8 Å². The van der Waals surface area contributed by atoms with E-state index in [0.717, 1.165) is 9.87 Å². The van der Waals surface area contributed by atoms with Gasteiger partial charge in [-0.05, 0) is 60.9 Å². The van der Waals surface area contributed by atoms with Gasteiger partial charge in [-0.3, -0.25) is 13.9 Å². The van der Waals surface area contributed by atoms with E-state index in [0.29, 0.717) is 22.8 Å². The van der Waals surface area contributed by atoms with Gasteiger partial charge in [-0.15, -0.1) is 0 Å². The van der Waals surface area contributed by atoms with Crippen LogP contribution in [0.5, 0.6) is 11.5 Å². The minimum absolute atomic E-state index is 0.0164. The fourth-order valence-electron chi connectivity index (χ4n) is 5.01. The van der Waals surface area contributed by atoms with E-state index in [1.165, 1.54) is 37.3 Å². The largest absolute Gasteiger partial charge is 0.497 e. The highest BCUT2D eigenvalue weighted by Gasteiger charge is 2.36. The van der Waals surface area contributed by atoms with Crippen LogP contribution in [0, 0.1) is 0 Å². The average molecular weight is 678 g/mol. The van der Waals surface area contributed by atoms with E-state index in [9.17, 15) is 18.0 Å². The summed E-state index contributed by atoms with van der Waals surface area (Å²) in [6.45, 7) is 3.25. The number of nitrogens with one attached hydrogen (secondary N) is 1. The number of halogens is 1. The van der Waals surface area contributed by atoms with Crippen molar-refractivity contribution in [1.82, 2.24) is 10.2 Å². The molecule has 0 bridgehead atoms. The standard InChI is InChI=1S/C36H40ClN3O6S/c1-5-26(2)38-36(42)33(22-27-12-8-6-9-13-27)39(24-28-16-18-29(37)19-17-28)35(41)25-40(47(43,44)31-14-10-7-11-15-31)32-23-30(45-3)20-21-34(32)46-4/h6-21,23,26,33H,5,22,24-25H2,1-4H3,(H,38,42). The Morgan fingerprint density at radius 3 is 2.09 bits per heavy atom. The van der Waals surface area contributed by atoms with Crippen molar-refractivity contribution in [3.8, 4) is 11.5 Å². The van der Waals surface area contributed by atoms with Crippen molar-refractivity contribution >= 4 is 39.1 Å². The molecule has 9 nitrogen and oxygen atoms in total. The number of anilines is 1. The van der Waals surface area contributed by atoms with Gasteiger partial charge in [0.15, 0.2) is 0 Å². The molecule has 0 spiro atoms. The van der Waals surface area contributed by atoms with Crippen LogP contribution in [0.4, 0.5) is 5.69 Å².